The average Bonchev–Trinajstić information content (AvgIpc) is 2.37. The number of nitrogens with one attached hydrogen (secondary N) is 1. The van der Waals surface area contributed by atoms with Crippen LogP contribution in [0.1, 0.15) is 20.8 Å². The minimum absolute atomic E-state index is 0.340. The molecule has 0 aromatic rings. The monoisotopic (exact) mass is 167 g/mol. The summed E-state index contributed by atoms with van der Waals surface area (Å²) < 4.78 is 0. The first kappa shape index (κ1) is 7.90. The van der Waals surface area contributed by atoms with Crippen molar-refractivity contribution in [1.29, 1.82) is 0 Å². The third kappa shape index (κ3) is 1.17. The molecule has 0 spiro atoms. The number of hydrogen-bond donors (Lipinski definition) is 1. The second-order valence-electron chi connectivity index (χ2n) is 4.71. The van der Waals surface area contributed by atoms with E-state index in [0.717, 1.165) is 25.6 Å². The molecule has 0 unspecified atom stereocenters. The molecule has 2 rings (SSSR count). The van der Waals surface area contributed by atoms with E-state index in [1.807, 2.05) is 0 Å². The van der Waals surface area contributed by atoms with Crippen molar-refractivity contribution in [2.75, 3.05) is 19.6 Å². The van der Waals surface area contributed by atoms with Crippen molar-refractivity contribution in [3.63, 3.8) is 0 Å². The number of nitrogens with zero attached hydrogens (tertiary/aromatic N) is 2. The van der Waals surface area contributed by atoms with E-state index in [9.17, 15) is 0 Å². The van der Waals surface area contributed by atoms with Gasteiger partial charge in [-0.1, -0.05) is 20.8 Å². The van der Waals surface area contributed by atoms with Gasteiger partial charge in [0.1, 0.15) is 0 Å². The number of fused-ring (bicyclic) bond motifs is 1. The average molecular weight is 167 g/mol. The highest BCUT2D eigenvalue weighted by Crippen LogP contribution is 2.24. The zero-order chi connectivity index (χ0) is 8.77. The van der Waals surface area contributed by atoms with E-state index in [1.54, 1.807) is 0 Å². The van der Waals surface area contributed by atoms with Gasteiger partial charge in [0.25, 0.3) is 0 Å². The largest absolute Gasteiger partial charge is 0.351 e. The Morgan fingerprint density at radius 3 is 2.83 bits per heavy atom. The van der Waals surface area contributed by atoms with Gasteiger partial charge in [-0.3, -0.25) is 4.99 Å². The molecular weight excluding hydrogens is 150 g/mol. The quantitative estimate of drug-likeness (QED) is 0.574. The second kappa shape index (κ2) is 2.38. The number of rotatable bonds is 0. The molecule has 1 fully saturated rings. The van der Waals surface area contributed by atoms with Crippen LogP contribution in [0.5, 0.6) is 0 Å². The lowest BCUT2D eigenvalue weighted by Crippen LogP contribution is -2.38. The SMILES string of the molecule is CC(C)(C)[C@H]1CN2CCN=C2N1. The van der Waals surface area contributed by atoms with Crippen molar-refractivity contribution in [2.24, 2.45) is 10.4 Å². The summed E-state index contributed by atoms with van der Waals surface area (Å²) in [6.45, 7) is 10.0. The Kier molecular flexibility index (Phi) is 1.56. The summed E-state index contributed by atoms with van der Waals surface area (Å²) in [5.74, 6) is 1.12. The fraction of sp³-hybridized carbons (Fsp3) is 0.889. The first-order valence-electron chi connectivity index (χ1n) is 4.63. The Bertz CT molecular complexity index is 214. The molecule has 0 aliphatic carbocycles. The van der Waals surface area contributed by atoms with E-state index in [0.29, 0.717) is 11.5 Å². The van der Waals surface area contributed by atoms with Crippen LogP contribution in [0, 0.1) is 5.41 Å². The molecule has 0 radical (unpaired) electrons. The molecule has 1 atom stereocenters. The Hall–Kier alpha value is -0.730. The van der Waals surface area contributed by atoms with Crippen molar-refractivity contribution >= 4 is 5.96 Å². The first-order chi connectivity index (χ1) is 5.57. The maximum atomic E-state index is 4.39. The maximum absolute atomic E-state index is 4.39. The summed E-state index contributed by atoms with van der Waals surface area (Å²) in [4.78, 5) is 6.74. The van der Waals surface area contributed by atoms with Crippen LogP contribution in [0.2, 0.25) is 0 Å². The fourth-order valence-corrected chi connectivity index (χ4v) is 1.71. The van der Waals surface area contributed by atoms with Crippen molar-refractivity contribution in [1.82, 2.24) is 10.2 Å². The fourth-order valence-electron chi connectivity index (χ4n) is 1.71. The molecule has 1 saturated heterocycles. The van der Waals surface area contributed by atoms with Gasteiger partial charge >= 0.3 is 0 Å². The summed E-state index contributed by atoms with van der Waals surface area (Å²) in [5, 5.41) is 3.47. The third-order valence-corrected chi connectivity index (χ3v) is 2.68. The van der Waals surface area contributed by atoms with Gasteiger partial charge in [-0.25, -0.2) is 0 Å². The van der Waals surface area contributed by atoms with Crippen LogP contribution in [0.25, 0.3) is 0 Å². The van der Waals surface area contributed by atoms with Gasteiger partial charge in [0.05, 0.1) is 12.6 Å². The summed E-state index contributed by atoms with van der Waals surface area (Å²) >= 11 is 0. The van der Waals surface area contributed by atoms with Gasteiger partial charge in [0.15, 0.2) is 5.96 Å². The Morgan fingerprint density at radius 1 is 1.50 bits per heavy atom. The topological polar surface area (TPSA) is 27.6 Å². The molecule has 2 heterocycles. The Labute approximate surface area is 73.9 Å². The summed E-state index contributed by atoms with van der Waals surface area (Å²) in [5.41, 5.74) is 0.340. The third-order valence-electron chi connectivity index (χ3n) is 2.68. The molecule has 0 aromatic heterocycles. The highest BCUT2D eigenvalue weighted by molar-refractivity contribution is 5.83. The molecule has 0 amide bonds. The van der Waals surface area contributed by atoms with Crippen LogP contribution in [0.3, 0.4) is 0 Å². The van der Waals surface area contributed by atoms with Crippen molar-refractivity contribution in [2.45, 2.75) is 26.8 Å². The Balaban J connectivity index is 2.08. The molecule has 12 heavy (non-hydrogen) atoms. The minimum atomic E-state index is 0.340. The molecule has 68 valence electrons. The van der Waals surface area contributed by atoms with E-state index in [1.165, 1.54) is 0 Å². The second-order valence-corrected chi connectivity index (χ2v) is 4.71. The van der Waals surface area contributed by atoms with Gasteiger partial charge in [0.2, 0.25) is 0 Å². The molecule has 0 saturated carbocycles. The lowest BCUT2D eigenvalue weighted by atomic mass is 9.87. The van der Waals surface area contributed by atoms with Crippen molar-refractivity contribution in [3.05, 3.63) is 0 Å². The predicted molar refractivity (Wildman–Crippen MR) is 50.3 cm³/mol. The van der Waals surface area contributed by atoms with Gasteiger partial charge in [-0.2, -0.15) is 0 Å². The summed E-state index contributed by atoms with van der Waals surface area (Å²) in [6, 6.07) is 0.566. The number of guanidine groups is 1. The first-order valence-corrected chi connectivity index (χ1v) is 4.63. The zero-order valence-electron chi connectivity index (χ0n) is 8.09. The molecule has 0 bridgehead atoms. The zero-order valence-corrected chi connectivity index (χ0v) is 8.09. The van der Waals surface area contributed by atoms with Crippen LogP contribution in [0.4, 0.5) is 0 Å². The maximum Gasteiger partial charge on any atom is 0.194 e. The van der Waals surface area contributed by atoms with Crippen LogP contribution in [-0.4, -0.2) is 36.5 Å². The Morgan fingerprint density at radius 2 is 2.25 bits per heavy atom. The van der Waals surface area contributed by atoms with E-state index in [4.69, 9.17) is 0 Å². The molecule has 3 heteroatoms. The highest BCUT2D eigenvalue weighted by Gasteiger charge is 2.36. The van der Waals surface area contributed by atoms with Crippen molar-refractivity contribution < 1.29 is 0 Å². The molecule has 2 aliphatic heterocycles. The summed E-state index contributed by atoms with van der Waals surface area (Å²) in [7, 11) is 0. The lowest BCUT2D eigenvalue weighted by Gasteiger charge is -2.26. The highest BCUT2D eigenvalue weighted by atomic mass is 15.4. The minimum Gasteiger partial charge on any atom is -0.351 e. The van der Waals surface area contributed by atoms with Crippen LogP contribution in [-0.2, 0) is 0 Å². The predicted octanol–water partition coefficient (Wildman–Crippen LogP) is 0.676. The summed E-state index contributed by atoms with van der Waals surface area (Å²) in [6.07, 6.45) is 0. The standard InChI is InChI=1S/C9H17N3/c1-9(2,3)7-6-12-5-4-10-8(12)11-7/h7H,4-6H2,1-3H3,(H,10,11)/t7-/m1/s1. The van der Waals surface area contributed by atoms with Crippen LogP contribution >= 0.6 is 0 Å². The lowest BCUT2D eigenvalue weighted by molar-refractivity contribution is 0.286. The smallest absolute Gasteiger partial charge is 0.194 e. The molecule has 0 aromatic carbocycles. The van der Waals surface area contributed by atoms with Gasteiger partial charge in [-0.15, -0.1) is 0 Å². The van der Waals surface area contributed by atoms with Gasteiger partial charge in [0, 0.05) is 13.1 Å². The van der Waals surface area contributed by atoms with E-state index in [2.05, 4.69) is 36.0 Å². The van der Waals surface area contributed by atoms with Crippen LogP contribution in [0.15, 0.2) is 4.99 Å². The number of aliphatic imine (C=N–C) groups is 1. The molecule has 2 aliphatic rings. The molecule has 1 N–H and O–H groups in total. The number of hydrogen-bond acceptors (Lipinski definition) is 3. The van der Waals surface area contributed by atoms with E-state index < -0.39 is 0 Å². The van der Waals surface area contributed by atoms with Crippen molar-refractivity contribution in [3.8, 4) is 0 Å². The van der Waals surface area contributed by atoms with E-state index >= 15 is 0 Å². The van der Waals surface area contributed by atoms with E-state index in [-0.39, 0.29) is 0 Å². The normalized spacial score (nSPS) is 28.4. The molecular formula is C9H17N3. The van der Waals surface area contributed by atoms with Gasteiger partial charge < -0.3 is 10.2 Å². The van der Waals surface area contributed by atoms with Crippen LogP contribution < -0.4 is 5.32 Å². The van der Waals surface area contributed by atoms with Gasteiger partial charge in [-0.05, 0) is 5.41 Å². The molecule has 3 nitrogen and oxygen atoms in total.